The second-order valence-corrected chi connectivity index (χ2v) is 3.95. The van der Waals surface area contributed by atoms with E-state index in [-0.39, 0.29) is 4.90 Å². The van der Waals surface area contributed by atoms with Gasteiger partial charge in [-0.25, -0.2) is 4.79 Å². The molecule has 5 heteroatoms. The number of piperidine rings is 1. The van der Waals surface area contributed by atoms with Crippen LogP contribution in [-0.2, 0) is 4.74 Å². The number of nitrogens with two attached hydrogens (primary N) is 1. The number of likely N-dealkylation sites (tertiary alicyclic amines) is 1. The molecule has 3 N–H and O–H groups in total. The van der Waals surface area contributed by atoms with E-state index in [0.29, 0.717) is 6.92 Å². The first-order chi connectivity index (χ1) is 13.4. The van der Waals surface area contributed by atoms with Gasteiger partial charge >= 0.3 is 6.09 Å². The van der Waals surface area contributed by atoms with E-state index in [2.05, 4.69) is 9.85 Å². The normalized spacial score (nSPS) is 63.9. The van der Waals surface area contributed by atoms with E-state index in [1.54, 1.807) is 0 Å². The standard InChI is InChI=1S/C12H24N2O3/c1-5-12(3)11(2,8-17-4)9(13)6-7-14(12)10(15)16/h9H,5-8,13H2,1-4H3,(H,15,16)/i4D3,5D,6D2,7D2,8D2,9D/hD3. The lowest BCUT2D eigenvalue weighted by molar-refractivity contribution is -0.0898. The van der Waals surface area contributed by atoms with Crippen molar-refractivity contribution in [2.75, 3.05) is 20.1 Å². The summed E-state index contributed by atoms with van der Waals surface area (Å²) in [5.41, 5.74) is -6.46. The van der Waals surface area contributed by atoms with E-state index in [1.165, 1.54) is 0 Å². The molecule has 1 aliphatic rings. The molecule has 0 radical (unpaired) electrons. The summed E-state index contributed by atoms with van der Waals surface area (Å²) in [7, 11) is -3.49. The fraction of sp³-hybridized carbons (Fsp3) is 0.917. The van der Waals surface area contributed by atoms with Crippen molar-refractivity contribution in [3.8, 4) is 0 Å². The number of nitrogens with zero attached hydrogens (tertiary/aromatic N) is 1. The molecule has 0 aliphatic carbocycles. The molecule has 4 atom stereocenters. The minimum atomic E-state index is -3.79. The van der Waals surface area contributed by atoms with Crippen LogP contribution in [0.4, 0.5) is 4.79 Å². The minimum absolute atomic E-state index is 0.0956. The number of rotatable bonds is 4. The molecular formula is C12H24N2O3. The highest BCUT2D eigenvalue weighted by Crippen LogP contribution is 2.45. The molecule has 5 nitrogen and oxygen atoms in total. The molecule has 1 fully saturated rings. The van der Waals surface area contributed by atoms with Crippen molar-refractivity contribution in [1.29, 1.82) is 1.43 Å². The van der Waals surface area contributed by atoms with Crippen LogP contribution in [0.5, 0.6) is 0 Å². The van der Waals surface area contributed by atoms with Crippen molar-refractivity contribution >= 4 is 6.09 Å². The molecule has 0 bridgehead atoms. The summed E-state index contributed by atoms with van der Waals surface area (Å²) in [5.74, 6) is 0. The van der Waals surface area contributed by atoms with E-state index in [9.17, 15) is 4.79 Å². The maximum atomic E-state index is 12.5. The number of ether oxygens (including phenoxy) is 1. The highest BCUT2D eigenvalue weighted by Gasteiger charge is 2.55. The quantitative estimate of drug-likeness (QED) is 0.801. The average molecular weight is 258 g/mol. The molecule has 1 heterocycles. The Morgan fingerprint density at radius 1 is 2.00 bits per heavy atom. The highest BCUT2D eigenvalue weighted by molar-refractivity contribution is 5.66. The summed E-state index contributed by atoms with van der Waals surface area (Å²) in [6, 6.07) is -3.61. The number of carboxylic acid groups (broad SMARTS) is 1. The Morgan fingerprint density at radius 3 is 3.29 bits per heavy atom. The summed E-state index contributed by atoms with van der Waals surface area (Å²) in [6.07, 6.45) is -7.45. The molecule has 0 aromatic heterocycles. The van der Waals surface area contributed by atoms with E-state index in [4.69, 9.17) is 19.3 Å². The molecule has 4 unspecified atom stereocenters. The van der Waals surface area contributed by atoms with Crippen LogP contribution in [0.15, 0.2) is 0 Å². The molecule has 1 aliphatic heterocycles. The summed E-state index contributed by atoms with van der Waals surface area (Å²) in [5, 5.41) is 3.80. The van der Waals surface area contributed by atoms with Crippen molar-refractivity contribution in [1.82, 2.24) is 4.90 Å². The van der Waals surface area contributed by atoms with Crippen molar-refractivity contribution in [2.45, 2.75) is 45.1 Å². The Labute approximate surface area is 123 Å². The van der Waals surface area contributed by atoms with E-state index < -0.39 is 61.6 Å². The third kappa shape index (κ3) is 2.02. The van der Waals surface area contributed by atoms with Gasteiger partial charge in [0.15, 0.2) is 0 Å². The van der Waals surface area contributed by atoms with Gasteiger partial charge in [0, 0.05) is 33.2 Å². The largest absolute Gasteiger partial charge is 0.465 e. The van der Waals surface area contributed by atoms with Gasteiger partial charge in [-0.05, 0) is 19.7 Å². The van der Waals surface area contributed by atoms with Crippen LogP contribution in [0.25, 0.3) is 1.43 Å². The monoisotopic (exact) mass is 258 g/mol. The fourth-order valence-corrected chi connectivity index (χ4v) is 1.72. The van der Waals surface area contributed by atoms with Crippen molar-refractivity contribution in [3.05, 3.63) is 0 Å². The van der Waals surface area contributed by atoms with Crippen LogP contribution in [0, 0.1) is 5.41 Å². The Morgan fingerprint density at radius 2 is 2.76 bits per heavy atom. The zero-order chi connectivity index (χ0) is 25.2. The molecule has 17 heavy (non-hydrogen) atoms. The fourth-order valence-electron chi connectivity index (χ4n) is 1.72. The summed E-state index contributed by atoms with van der Waals surface area (Å²) >= 11 is 0. The smallest absolute Gasteiger partial charge is 0.407 e. The number of hydrogen-bond donors (Lipinski definition) is 2. The van der Waals surface area contributed by atoms with Crippen LogP contribution in [0.3, 0.4) is 0 Å². The van der Waals surface area contributed by atoms with Gasteiger partial charge in [0.05, 0.1) is 19.0 Å². The van der Waals surface area contributed by atoms with Gasteiger partial charge in [0.1, 0.15) is 2.82 Å². The van der Waals surface area contributed by atoms with Crippen LogP contribution < -0.4 is 5.72 Å². The second-order valence-electron chi connectivity index (χ2n) is 3.95. The van der Waals surface area contributed by atoms with Gasteiger partial charge in [-0.2, -0.15) is 0 Å². The van der Waals surface area contributed by atoms with Gasteiger partial charge in [0.25, 0.3) is 1.43 Å². The van der Waals surface area contributed by atoms with Crippen molar-refractivity contribution < 1.29 is 32.5 Å². The van der Waals surface area contributed by atoms with Crippen LogP contribution in [0.2, 0.25) is 2.82 Å². The van der Waals surface area contributed by atoms with Crippen LogP contribution in [-0.4, -0.2) is 47.8 Å². The minimum Gasteiger partial charge on any atom is -0.465 e. The molecule has 1 amide bonds. The first-order valence-electron chi connectivity index (χ1n) is 11.7. The molecule has 1 rings (SSSR count). The predicted molar refractivity (Wildman–Crippen MR) is 66.0 cm³/mol. The molecule has 0 spiro atoms. The average Bonchev–Trinajstić information content (AvgIpc) is 2.55. The Hall–Kier alpha value is -0.810. The van der Waals surface area contributed by atoms with Crippen molar-refractivity contribution in [3.63, 3.8) is 0 Å². The molecule has 100 valence electrons. The van der Waals surface area contributed by atoms with Crippen LogP contribution in [0.1, 0.15) is 48.6 Å². The highest BCUT2D eigenvalue weighted by atomic mass is 16.5. The molecule has 1 saturated heterocycles. The number of carbonyl (C=O) groups is 1. The summed E-state index contributed by atoms with van der Waals surface area (Å²) in [4.78, 5) is 12.4. The predicted octanol–water partition coefficient (Wildman–Crippen LogP) is 1.52. The molecule has 0 aromatic carbocycles. The maximum absolute atomic E-state index is 12.5. The maximum Gasteiger partial charge on any atom is 0.407 e. The zero-order valence-electron chi connectivity index (χ0n) is 23.7. The molecule has 0 aromatic rings. The van der Waals surface area contributed by atoms with Gasteiger partial charge < -0.3 is 20.5 Å². The van der Waals surface area contributed by atoms with Gasteiger partial charge in [0.2, 0.25) is 0 Å². The Balaban J connectivity index is 4.32. The van der Waals surface area contributed by atoms with E-state index in [1.807, 2.05) is 0 Å². The first kappa shape index (κ1) is 4.10. The lowest BCUT2D eigenvalue weighted by atomic mass is 9.62. The van der Waals surface area contributed by atoms with Crippen LogP contribution >= 0.6 is 0 Å². The Kier molecular flexibility index (Phi) is 1.16. The second kappa shape index (κ2) is 4.82. The SMILES string of the molecule is [2H]OC(=O)N1C([2H])([2H])C([2H])([2H])C([2H])(N([2H])[2H])C(C)(C([2H])([2H])OC([2H])([2H])[2H])C1(C)C([2H])C. The number of methoxy groups -OCH3 is 1. The third-order valence-electron chi connectivity index (χ3n) is 3.24. The van der Waals surface area contributed by atoms with Crippen molar-refractivity contribution in [2.24, 2.45) is 11.1 Å². The molecule has 0 saturated carbocycles. The van der Waals surface area contributed by atoms with Gasteiger partial charge in [-0.3, -0.25) is 0 Å². The Bertz CT molecular complexity index is 715. The number of amides is 1. The first-order valence-corrected chi connectivity index (χ1v) is 4.83. The van der Waals surface area contributed by atoms with E-state index >= 15 is 0 Å². The van der Waals surface area contributed by atoms with Gasteiger partial charge in [-0.15, -0.1) is 0 Å². The summed E-state index contributed by atoms with van der Waals surface area (Å²) in [6.45, 7) is -4.74. The van der Waals surface area contributed by atoms with E-state index in [0.717, 1.165) is 13.8 Å². The third-order valence-corrected chi connectivity index (χ3v) is 3.24. The molecular weight excluding hydrogens is 220 g/mol. The topological polar surface area (TPSA) is 75.8 Å². The summed E-state index contributed by atoms with van der Waals surface area (Å²) < 4.78 is 115. The lowest BCUT2D eigenvalue weighted by Gasteiger charge is -2.57. The zero-order valence-corrected chi connectivity index (χ0v) is 9.70. The lowest BCUT2D eigenvalue weighted by Crippen LogP contribution is -2.70. The van der Waals surface area contributed by atoms with Gasteiger partial charge in [-0.1, -0.05) is 13.8 Å². The number of hydrogen-bond acceptors (Lipinski definition) is 4.